The topological polar surface area (TPSA) is 68.3 Å². The highest BCUT2D eigenvalue weighted by Gasteiger charge is 2.43. The lowest BCUT2D eigenvalue weighted by Gasteiger charge is -2.43. The summed E-state index contributed by atoms with van der Waals surface area (Å²) in [6, 6.07) is 12.8. The second kappa shape index (κ2) is 10.5. The highest BCUT2D eigenvalue weighted by atomic mass is 35.5. The summed E-state index contributed by atoms with van der Waals surface area (Å²) < 4.78 is 31.7. The number of nitrogens with zero attached hydrogens (tertiary/aromatic N) is 2. The van der Waals surface area contributed by atoms with Crippen LogP contribution in [0.4, 0.5) is 4.39 Å². The fourth-order valence-corrected chi connectivity index (χ4v) is 4.22. The minimum absolute atomic E-state index is 0.0106. The molecule has 0 N–H and O–H groups in total. The molecule has 4 rings (SSSR count). The Hall–Kier alpha value is -2.68. The smallest absolute Gasteiger partial charge is 0.257 e. The molecule has 9 heteroatoms. The first kappa shape index (κ1) is 23.5. The average Bonchev–Trinajstić information content (AvgIpc) is 2.83. The summed E-state index contributed by atoms with van der Waals surface area (Å²) in [5, 5.41) is 0.520. The number of hydrogen-bond donors (Lipinski definition) is 0. The molecule has 2 aromatic rings. The van der Waals surface area contributed by atoms with Crippen LogP contribution in [0, 0.1) is 5.82 Å². The number of carbonyl (C=O) groups excluding carboxylic acids is 2. The molecule has 176 valence electrons. The lowest BCUT2D eigenvalue weighted by Crippen LogP contribution is -2.58. The van der Waals surface area contributed by atoms with Crippen LogP contribution < -0.4 is 4.74 Å². The van der Waals surface area contributed by atoms with Gasteiger partial charge in [-0.3, -0.25) is 9.59 Å². The van der Waals surface area contributed by atoms with Crippen LogP contribution in [0.5, 0.6) is 5.75 Å². The van der Waals surface area contributed by atoms with Gasteiger partial charge in [0, 0.05) is 24.7 Å². The SMILES string of the molecule is O=C(CC1(COc2cccc(Cl)c2)CN(C(=O)c2ccccc2F)CCO1)N1CCOCC1. The van der Waals surface area contributed by atoms with E-state index in [1.54, 1.807) is 35.2 Å². The molecule has 0 bridgehead atoms. The molecule has 0 aliphatic carbocycles. The Labute approximate surface area is 197 Å². The summed E-state index contributed by atoms with van der Waals surface area (Å²) in [6.07, 6.45) is 0.0224. The standard InChI is InChI=1S/C24H26ClFN2O5/c25-18-4-3-5-19(14-18)32-17-24(15-22(29)27-8-11-31-12-9-27)16-28(10-13-33-24)23(30)20-6-1-2-7-21(20)26/h1-7,14H,8-13,15-17H2. The van der Waals surface area contributed by atoms with Gasteiger partial charge < -0.3 is 24.0 Å². The van der Waals surface area contributed by atoms with Crippen molar-refractivity contribution in [2.75, 3.05) is 52.6 Å². The second-order valence-electron chi connectivity index (χ2n) is 8.15. The normalized spacial score (nSPS) is 21.0. The molecule has 2 aliphatic heterocycles. The van der Waals surface area contributed by atoms with Gasteiger partial charge in [-0.1, -0.05) is 29.8 Å². The molecule has 2 aliphatic rings. The van der Waals surface area contributed by atoms with Crippen LogP contribution >= 0.6 is 11.6 Å². The lowest BCUT2D eigenvalue weighted by atomic mass is 9.96. The maximum atomic E-state index is 14.3. The van der Waals surface area contributed by atoms with Crippen LogP contribution in [-0.4, -0.2) is 79.8 Å². The number of rotatable bonds is 6. The van der Waals surface area contributed by atoms with Crippen molar-refractivity contribution in [2.24, 2.45) is 0 Å². The molecule has 0 radical (unpaired) electrons. The van der Waals surface area contributed by atoms with Crippen LogP contribution in [0.25, 0.3) is 0 Å². The first-order chi connectivity index (χ1) is 16.0. The molecule has 2 saturated heterocycles. The van der Waals surface area contributed by atoms with Crippen molar-refractivity contribution in [3.8, 4) is 5.75 Å². The molecule has 0 spiro atoms. The van der Waals surface area contributed by atoms with E-state index in [1.165, 1.54) is 23.1 Å². The van der Waals surface area contributed by atoms with Crippen LogP contribution in [0.1, 0.15) is 16.8 Å². The van der Waals surface area contributed by atoms with Crippen molar-refractivity contribution in [3.63, 3.8) is 0 Å². The number of hydrogen-bond acceptors (Lipinski definition) is 5. The van der Waals surface area contributed by atoms with Crippen molar-refractivity contribution >= 4 is 23.4 Å². The van der Waals surface area contributed by atoms with Gasteiger partial charge in [-0.2, -0.15) is 0 Å². The van der Waals surface area contributed by atoms with E-state index in [1.807, 2.05) is 0 Å². The molecule has 2 heterocycles. The Morgan fingerprint density at radius 2 is 1.79 bits per heavy atom. The van der Waals surface area contributed by atoms with Crippen LogP contribution in [0.2, 0.25) is 5.02 Å². The summed E-state index contributed by atoms with van der Waals surface area (Å²) in [5.74, 6) is -0.600. The molecule has 2 aromatic carbocycles. The van der Waals surface area contributed by atoms with Gasteiger partial charge in [0.1, 0.15) is 23.8 Å². The van der Waals surface area contributed by atoms with E-state index in [-0.39, 0.29) is 44.2 Å². The predicted molar refractivity (Wildman–Crippen MR) is 120 cm³/mol. The zero-order valence-electron chi connectivity index (χ0n) is 18.2. The average molecular weight is 477 g/mol. The first-order valence-electron chi connectivity index (χ1n) is 10.9. The van der Waals surface area contributed by atoms with Crippen LogP contribution in [-0.2, 0) is 14.3 Å². The highest BCUT2D eigenvalue weighted by molar-refractivity contribution is 6.30. The summed E-state index contributed by atoms with van der Waals surface area (Å²) in [4.78, 5) is 29.4. The maximum Gasteiger partial charge on any atom is 0.257 e. The number of halogens is 2. The fourth-order valence-electron chi connectivity index (χ4n) is 4.04. The van der Waals surface area contributed by atoms with Crippen molar-refractivity contribution in [1.29, 1.82) is 0 Å². The van der Waals surface area contributed by atoms with Crippen molar-refractivity contribution in [2.45, 2.75) is 12.0 Å². The summed E-state index contributed by atoms with van der Waals surface area (Å²) in [7, 11) is 0. The molecular formula is C24H26ClFN2O5. The number of amides is 2. The van der Waals surface area contributed by atoms with Crippen molar-refractivity contribution in [1.82, 2.24) is 9.80 Å². The third-order valence-electron chi connectivity index (χ3n) is 5.78. The lowest BCUT2D eigenvalue weighted by molar-refractivity contribution is -0.155. The zero-order valence-corrected chi connectivity index (χ0v) is 18.9. The van der Waals surface area contributed by atoms with E-state index in [2.05, 4.69) is 0 Å². The van der Waals surface area contributed by atoms with E-state index < -0.39 is 17.3 Å². The van der Waals surface area contributed by atoms with Gasteiger partial charge in [0.15, 0.2) is 0 Å². The van der Waals surface area contributed by atoms with Crippen molar-refractivity contribution < 1.29 is 28.2 Å². The van der Waals surface area contributed by atoms with Crippen LogP contribution in [0.15, 0.2) is 48.5 Å². The summed E-state index contributed by atoms with van der Waals surface area (Å²) in [6.45, 7) is 2.59. The van der Waals surface area contributed by atoms with Crippen molar-refractivity contribution in [3.05, 3.63) is 64.9 Å². The monoisotopic (exact) mass is 476 g/mol. The zero-order chi connectivity index (χ0) is 23.3. The molecule has 2 fully saturated rings. The third-order valence-corrected chi connectivity index (χ3v) is 6.01. The van der Waals surface area contributed by atoms with Gasteiger partial charge >= 0.3 is 0 Å². The minimum Gasteiger partial charge on any atom is -0.490 e. The van der Waals surface area contributed by atoms with E-state index in [0.717, 1.165) is 0 Å². The van der Waals surface area contributed by atoms with Gasteiger partial charge in [0.25, 0.3) is 5.91 Å². The minimum atomic E-state index is -1.09. The molecule has 33 heavy (non-hydrogen) atoms. The maximum absolute atomic E-state index is 14.3. The quantitative estimate of drug-likeness (QED) is 0.641. The third kappa shape index (κ3) is 5.82. The molecule has 2 amide bonds. The van der Waals surface area contributed by atoms with Crippen LogP contribution in [0.3, 0.4) is 0 Å². The number of carbonyl (C=O) groups is 2. The molecule has 1 atom stereocenters. The Morgan fingerprint density at radius 1 is 1.03 bits per heavy atom. The van der Waals surface area contributed by atoms with Gasteiger partial charge in [-0.05, 0) is 30.3 Å². The summed E-state index contributed by atoms with van der Waals surface area (Å²) >= 11 is 6.06. The predicted octanol–water partition coefficient (Wildman–Crippen LogP) is 3.02. The van der Waals surface area contributed by atoms with Gasteiger partial charge in [-0.25, -0.2) is 4.39 Å². The second-order valence-corrected chi connectivity index (χ2v) is 8.59. The summed E-state index contributed by atoms with van der Waals surface area (Å²) in [5.41, 5.74) is -1.10. The van der Waals surface area contributed by atoms with E-state index in [4.69, 9.17) is 25.8 Å². The Bertz CT molecular complexity index is 1000. The van der Waals surface area contributed by atoms with Gasteiger partial charge in [0.05, 0.1) is 38.3 Å². The largest absolute Gasteiger partial charge is 0.490 e. The van der Waals surface area contributed by atoms with Gasteiger partial charge in [-0.15, -0.1) is 0 Å². The number of ether oxygens (including phenoxy) is 3. The Morgan fingerprint density at radius 3 is 2.55 bits per heavy atom. The molecule has 1 unspecified atom stereocenters. The Kier molecular flexibility index (Phi) is 7.47. The molecule has 0 aromatic heterocycles. The molecular weight excluding hydrogens is 451 g/mol. The van der Waals surface area contributed by atoms with E-state index >= 15 is 0 Å². The van der Waals surface area contributed by atoms with E-state index in [9.17, 15) is 14.0 Å². The molecule has 7 nitrogen and oxygen atoms in total. The Balaban J connectivity index is 1.54. The molecule has 0 saturated carbocycles. The van der Waals surface area contributed by atoms with E-state index in [0.29, 0.717) is 37.1 Å². The highest BCUT2D eigenvalue weighted by Crippen LogP contribution is 2.27. The van der Waals surface area contributed by atoms with Gasteiger partial charge in [0.2, 0.25) is 5.91 Å². The first-order valence-corrected chi connectivity index (χ1v) is 11.3. The number of morpholine rings is 2. The number of benzene rings is 2. The fraction of sp³-hybridized carbons (Fsp3) is 0.417.